The van der Waals surface area contributed by atoms with Crippen molar-refractivity contribution in [2.75, 3.05) is 5.73 Å². The van der Waals surface area contributed by atoms with Crippen LogP contribution in [0.4, 0.5) is 5.88 Å². The second-order valence-corrected chi connectivity index (χ2v) is 4.34. The largest absolute Gasteiger partial charge is 0.367 e. The van der Waals surface area contributed by atoms with E-state index in [1.54, 1.807) is 0 Å². The fourth-order valence-electron chi connectivity index (χ4n) is 1.75. The number of nitrogen functional groups attached to an aromatic ring is 1. The van der Waals surface area contributed by atoms with Gasteiger partial charge in [0.1, 0.15) is 5.69 Å². The van der Waals surface area contributed by atoms with Crippen molar-refractivity contribution in [2.45, 2.75) is 20.3 Å². The smallest absolute Gasteiger partial charge is 0.225 e. The molecule has 0 bridgehead atoms. The molecule has 0 unspecified atom stereocenters. The standard InChI is InChI=1S/C13H16N2O/c1-9(2)8-11-12(15-16-13(11)14)10-6-4-3-5-7-10/h3-7,9H,8,14H2,1-2H3. The molecule has 1 aromatic heterocycles. The molecule has 2 rings (SSSR count). The zero-order valence-corrected chi connectivity index (χ0v) is 9.60. The van der Waals surface area contributed by atoms with Crippen LogP contribution >= 0.6 is 0 Å². The van der Waals surface area contributed by atoms with E-state index in [1.807, 2.05) is 30.3 Å². The fraction of sp³-hybridized carbons (Fsp3) is 0.308. The molecular weight excluding hydrogens is 200 g/mol. The van der Waals surface area contributed by atoms with E-state index in [-0.39, 0.29) is 0 Å². The van der Waals surface area contributed by atoms with Gasteiger partial charge in [0, 0.05) is 11.1 Å². The van der Waals surface area contributed by atoms with Crippen molar-refractivity contribution in [2.24, 2.45) is 5.92 Å². The molecule has 0 fully saturated rings. The molecule has 0 saturated heterocycles. The molecule has 0 spiro atoms. The summed E-state index contributed by atoms with van der Waals surface area (Å²) in [5.41, 5.74) is 8.73. The summed E-state index contributed by atoms with van der Waals surface area (Å²) >= 11 is 0. The minimum Gasteiger partial charge on any atom is -0.367 e. The Hall–Kier alpha value is -1.77. The normalized spacial score (nSPS) is 10.9. The average molecular weight is 216 g/mol. The number of aromatic nitrogens is 1. The molecule has 2 N–H and O–H groups in total. The number of benzene rings is 1. The monoisotopic (exact) mass is 216 g/mol. The zero-order chi connectivity index (χ0) is 11.5. The van der Waals surface area contributed by atoms with Crippen molar-refractivity contribution in [3.8, 4) is 11.3 Å². The highest BCUT2D eigenvalue weighted by Crippen LogP contribution is 2.28. The van der Waals surface area contributed by atoms with Crippen molar-refractivity contribution < 1.29 is 4.52 Å². The summed E-state index contributed by atoms with van der Waals surface area (Å²) in [6.07, 6.45) is 0.888. The highest BCUT2D eigenvalue weighted by molar-refractivity contribution is 5.66. The number of hydrogen-bond acceptors (Lipinski definition) is 3. The number of rotatable bonds is 3. The van der Waals surface area contributed by atoms with Crippen LogP contribution in [-0.4, -0.2) is 5.16 Å². The minimum absolute atomic E-state index is 0.438. The minimum atomic E-state index is 0.438. The van der Waals surface area contributed by atoms with Gasteiger partial charge in [-0.2, -0.15) is 0 Å². The van der Waals surface area contributed by atoms with Gasteiger partial charge in [-0.1, -0.05) is 49.3 Å². The van der Waals surface area contributed by atoms with Crippen molar-refractivity contribution in [3.63, 3.8) is 0 Å². The van der Waals surface area contributed by atoms with E-state index >= 15 is 0 Å². The predicted octanol–water partition coefficient (Wildman–Crippen LogP) is 3.12. The Balaban J connectivity index is 2.42. The van der Waals surface area contributed by atoms with E-state index in [9.17, 15) is 0 Å². The van der Waals surface area contributed by atoms with Crippen LogP contribution in [0.2, 0.25) is 0 Å². The van der Waals surface area contributed by atoms with Gasteiger partial charge in [0.05, 0.1) is 0 Å². The maximum atomic E-state index is 5.80. The summed E-state index contributed by atoms with van der Waals surface area (Å²) in [4.78, 5) is 0. The molecule has 2 aromatic rings. The van der Waals surface area contributed by atoms with Gasteiger partial charge in [0.2, 0.25) is 5.88 Å². The fourth-order valence-corrected chi connectivity index (χ4v) is 1.75. The Morgan fingerprint density at radius 1 is 1.25 bits per heavy atom. The van der Waals surface area contributed by atoms with Crippen LogP contribution in [0, 0.1) is 5.92 Å². The third kappa shape index (κ3) is 2.08. The zero-order valence-electron chi connectivity index (χ0n) is 9.60. The third-order valence-corrected chi connectivity index (χ3v) is 2.48. The van der Waals surface area contributed by atoms with E-state index < -0.39 is 0 Å². The van der Waals surface area contributed by atoms with Crippen molar-refractivity contribution in [1.82, 2.24) is 5.16 Å². The van der Waals surface area contributed by atoms with Crippen LogP contribution in [0.5, 0.6) is 0 Å². The molecule has 1 aromatic carbocycles. The second kappa shape index (κ2) is 4.39. The number of hydrogen-bond donors (Lipinski definition) is 1. The van der Waals surface area contributed by atoms with Gasteiger partial charge in [0.15, 0.2) is 0 Å². The van der Waals surface area contributed by atoms with Crippen molar-refractivity contribution in [1.29, 1.82) is 0 Å². The number of anilines is 1. The highest BCUT2D eigenvalue weighted by Gasteiger charge is 2.15. The number of nitrogens with two attached hydrogens (primary N) is 1. The Bertz CT molecular complexity index is 460. The van der Waals surface area contributed by atoms with Gasteiger partial charge < -0.3 is 10.3 Å². The van der Waals surface area contributed by atoms with E-state index in [0.717, 1.165) is 23.2 Å². The summed E-state index contributed by atoms with van der Waals surface area (Å²) in [6, 6.07) is 9.98. The summed E-state index contributed by atoms with van der Waals surface area (Å²) in [5.74, 6) is 0.969. The molecule has 0 amide bonds. The molecular formula is C13H16N2O. The molecule has 0 aliphatic rings. The lowest BCUT2D eigenvalue weighted by Gasteiger charge is -2.04. The summed E-state index contributed by atoms with van der Waals surface area (Å²) in [7, 11) is 0. The molecule has 1 heterocycles. The van der Waals surface area contributed by atoms with Crippen LogP contribution in [0.3, 0.4) is 0 Å². The third-order valence-electron chi connectivity index (χ3n) is 2.48. The molecule has 3 heteroatoms. The summed E-state index contributed by atoms with van der Waals surface area (Å²) in [5, 5.41) is 4.04. The first-order chi connectivity index (χ1) is 7.68. The molecule has 3 nitrogen and oxygen atoms in total. The van der Waals surface area contributed by atoms with Crippen LogP contribution in [0.15, 0.2) is 34.9 Å². The lowest BCUT2D eigenvalue weighted by Crippen LogP contribution is -1.98. The molecule has 84 valence electrons. The lowest BCUT2D eigenvalue weighted by molar-refractivity contribution is 0.438. The second-order valence-electron chi connectivity index (χ2n) is 4.34. The Kier molecular flexibility index (Phi) is 2.95. The highest BCUT2D eigenvalue weighted by atomic mass is 16.5. The predicted molar refractivity (Wildman–Crippen MR) is 64.9 cm³/mol. The maximum absolute atomic E-state index is 5.80. The van der Waals surface area contributed by atoms with Gasteiger partial charge >= 0.3 is 0 Å². The van der Waals surface area contributed by atoms with Gasteiger partial charge in [-0.05, 0) is 12.3 Å². The van der Waals surface area contributed by atoms with Crippen LogP contribution in [-0.2, 0) is 6.42 Å². The molecule has 0 aliphatic heterocycles. The molecule has 0 aliphatic carbocycles. The van der Waals surface area contributed by atoms with E-state index in [4.69, 9.17) is 10.3 Å². The molecule has 0 radical (unpaired) electrons. The summed E-state index contributed by atoms with van der Waals surface area (Å²) in [6.45, 7) is 4.31. The van der Waals surface area contributed by atoms with E-state index in [0.29, 0.717) is 11.8 Å². The van der Waals surface area contributed by atoms with Gasteiger partial charge in [-0.3, -0.25) is 0 Å². The summed E-state index contributed by atoms with van der Waals surface area (Å²) < 4.78 is 5.08. The first-order valence-corrected chi connectivity index (χ1v) is 5.48. The first-order valence-electron chi connectivity index (χ1n) is 5.48. The van der Waals surface area contributed by atoms with Crippen molar-refractivity contribution in [3.05, 3.63) is 35.9 Å². The van der Waals surface area contributed by atoms with Crippen LogP contribution < -0.4 is 5.73 Å². The van der Waals surface area contributed by atoms with E-state index in [1.165, 1.54) is 0 Å². The molecule has 0 saturated carbocycles. The van der Waals surface area contributed by atoms with Crippen LogP contribution in [0.25, 0.3) is 11.3 Å². The van der Waals surface area contributed by atoms with Gasteiger partial charge in [0.25, 0.3) is 0 Å². The van der Waals surface area contributed by atoms with Crippen molar-refractivity contribution >= 4 is 5.88 Å². The Morgan fingerprint density at radius 2 is 1.94 bits per heavy atom. The van der Waals surface area contributed by atoms with Gasteiger partial charge in [-0.25, -0.2) is 0 Å². The SMILES string of the molecule is CC(C)Cc1c(-c2ccccc2)noc1N. The topological polar surface area (TPSA) is 52.0 Å². The Labute approximate surface area is 95.3 Å². The molecule has 16 heavy (non-hydrogen) atoms. The maximum Gasteiger partial charge on any atom is 0.225 e. The quantitative estimate of drug-likeness (QED) is 0.857. The first kappa shape index (κ1) is 10.7. The van der Waals surface area contributed by atoms with Gasteiger partial charge in [-0.15, -0.1) is 0 Å². The van der Waals surface area contributed by atoms with Crippen LogP contribution in [0.1, 0.15) is 19.4 Å². The molecule has 0 atom stereocenters. The average Bonchev–Trinajstić information content (AvgIpc) is 2.61. The lowest BCUT2D eigenvalue weighted by atomic mass is 9.99. The number of nitrogens with zero attached hydrogens (tertiary/aromatic N) is 1. The van der Waals surface area contributed by atoms with E-state index in [2.05, 4.69) is 19.0 Å². The Morgan fingerprint density at radius 3 is 2.56 bits per heavy atom.